The minimum absolute atomic E-state index is 0.120. The molecule has 11 heteroatoms. The molecule has 1 rings (SSSR count). The molecule has 1 saturated heterocycles. The van der Waals surface area contributed by atoms with Crippen molar-refractivity contribution >= 4 is 11.9 Å². The van der Waals surface area contributed by atoms with Gasteiger partial charge in [-0.05, 0) is 96.3 Å². The molecule has 476 valence electrons. The molecule has 0 spiro atoms. The Labute approximate surface area is 502 Å². The van der Waals surface area contributed by atoms with E-state index in [0.717, 1.165) is 89.9 Å². The quantitative estimate of drug-likeness (QED) is 0.0195. The van der Waals surface area contributed by atoms with Gasteiger partial charge in [0.1, 0.15) is 24.4 Å². The largest absolute Gasteiger partial charge is 0.454 e. The van der Waals surface area contributed by atoms with Crippen LogP contribution in [0.5, 0.6) is 0 Å². The minimum atomic E-state index is -1.62. The Balaban J connectivity index is 2.61. The minimum Gasteiger partial charge on any atom is -0.454 e. The summed E-state index contributed by atoms with van der Waals surface area (Å²) in [6, 6.07) is -1.03. The molecule has 1 heterocycles. The maximum atomic E-state index is 13.5. The van der Waals surface area contributed by atoms with E-state index >= 15 is 0 Å². The number of esters is 1. The Kier molecular flexibility index (Phi) is 55.0. The highest BCUT2D eigenvalue weighted by Gasteiger charge is 2.47. The predicted molar refractivity (Wildman–Crippen MR) is 343 cm³/mol. The number of allylic oxidation sites excluding steroid dienone is 11. The van der Waals surface area contributed by atoms with Crippen LogP contribution in [0.25, 0.3) is 0 Å². The number of amides is 1. The molecule has 0 aromatic carbocycles. The lowest BCUT2D eigenvalue weighted by Crippen LogP contribution is -2.61. The number of carbonyl (C=O) groups excluding carboxylic acids is 2. The third-order valence-electron chi connectivity index (χ3n) is 15.8. The Bertz CT molecular complexity index is 1610. The summed E-state index contributed by atoms with van der Waals surface area (Å²) in [6.07, 6.45) is 65.0. The summed E-state index contributed by atoms with van der Waals surface area (Å²) in [7, 11) is 0. The van der Waals surface area contributed by atoms with Crippen LogP contribution in [0.1, 0.15) is 303 Å². The van der Waals surface area contributed by atoms with Crippen molar-refractivity contribution in [2.45, 2.75) is 352 Å². The summed E-state index contributed by atoms with van der Waals surface area (Å²) in [5.74, 6) is -1.20. The van der Waals surface area contributed by atoms with Gasteiger partial charge >= 0.3 is 5.97 Å². The van der Waals surface area contributed by atoms with Crippen LogP contribution in [-0.2, 0) is 23.8 Å². The highest BCUT2D eigenvalue weighted by molar-refractivity contribution is 5.80. The van der Waals surface area contributed by atoms with Crippen LogP contribution in [0, 0.1) is 0 Å². The van der Waals surface area contributed by atoms with Gasteiger partial charge in [-0.3, -0.25) is 9.59 Å². The second-order valence-electron chi connectivity index (χ2n) is 23.6. The van der Waals surface area contributed by atoms with Gasteiger partial charge in [-0.15, -0.1) is 0 Å². The number of nitrogens with one attached hydrogen (secondary N) is 1. The van der Waals surface area contributed by atoms with Gasteiger partial charge in [-0.25, -0.2) is 0 Å². The second kappa shape index (κ2) is 58.5. The van der Waals surface area contributed by atoms with Crippen molar-refractivity contribution < 1.29 is 49.3 Å². The molecular formula is C71H127NO10. The number of ether oxygens (including phenoxy) is 3. The molecule has 1 fully saturated rings. The van der Waals surface area contributed by atoms with Gasteiger partial charge in [0.15, 0.2) is 12.4 Å². The maximum absolute atomic E-state index is 13.5. The van der Waals surface area contributed by atoms with E-state index in [4.69, 9.17) is 14.2 Å². The second-order valence-corrected chi connectivity index (χ2v) is 23.6. The Morgan fingerprint density at radius 3 is 1.28 bits per heavy atom. The number of aliphatic hydroxyl groups is 5. The van der Waals surface area contributed by atoms with Gasteiger partial charge in [0.2, 0.25) is 5.91 Å². The van der Waals surface area contributed by atoms with E-state index in [2.05, 4.69) is 86.8 Å². The van der Waals surface area contributed by atoms with Crippen LogP contribution >= 0.6 is 0 Å². The number of rotatable bonds is 58. The lowest BCUT2D eigenvalue weighted by atomic mass is 9.99. The Hall–Kier alpha value is -2.90. The summed E-state index contributed by atoms with van der Waals surface area (Å²) in [4.78, 5) is 26.6. The van der Waals surface area contributed by atoms with E-state index < -0.39 is 67.4 Å². The molecule has 0 aromatic heterocycles. The zero-order valence-corrected chi connectivity index (χ0v) is 52.9. The Morgan fingerprint density at radius 2 is 0.841 bits per heavy atom. The van der Waals surface area contributed by atoms with E-state index in [9.17, 15) is 35.1 Å². The van der Waals surface area contributed by atoms with E-state index in [0.29, 0.717) is 12.8 Å². The molecule has 1 amide bonds. The number of carbonyl (C=O) groups is 2. The molecule has 8 unspecified atom stereocenters. The van der Waals surface area contributed by atoms with Crippen LogP contribution < -0.4 is 5.32 Å². The monoisotopic (exact) mass is 1150 g/mol. The zero-order chi connectivity index (χ0) is 59.6. The smallest absolute Gasteiger partial charge is 0.306 e. The van der Waals surface area contributed by atoms with E-state index in [-0.39, 0.29) is 19.4 Å². The fourth-order valence-electron chi connectivity index (χ4n) is 10.4. The molecule has 8 atom stereocenters. The normalized spacial score (nSPS) is 19.0. The van der Waals surface area contributed by atoms with Crippen LogP contribution in [0.15, 0.2) is 72.9 Å². The van der Waals surface area contributed by atoms with Crippen LogP contribution in [0.3, 0.4) is 0 Å². The zero-order valence-electron chi connectivity index (χ0n) is 52.9. The van der Waals surface area contributed by atoms with E-state index in [1.165, 1.54) is 167 Å². The Morgan fingerprint density at radius 1 is 0.476 bits per heavy atom. The maximum Gasteiger partial charge on any atom is 0.306 e. The summed E-state index contributed by atoms with van der Waals surface area (Å²) < 4.78 is 17.7. The standard InChI is InChI=1S/C71H127NO10/c1-4-7-10-13-16-19-22-25-27-29-31-32-33-34-35-37-39-41-44-47-50-53-56-59-66(76)82-69-68(78)67(77)65(60-73)81-71(69)80-61-62(63(74)57-54-51-48-45-42-24-21-18-15-12-9-6-3)72-70(79)64(75)58-55-52-49-46-43-40-38-36-30-28-26-23-20-17-14-11-8-5-2/h16-17,19-20,25-28,36,38,54,57,62-65,67-69,71,73-75,77-78H,4-15,18,21-24,29-35,37,39-53,55-56,58-61H2,1-3H3,(H,72,79)/b19-16-,20-17-,27-25-,28-26-,38-36-,57-54+. The SMILES string of the molecule is CCCCC/C=C\C/C=C\C/C=C\CCCCCCCC(O)C(=O)NC(COC1OC(CO)C(O)C(O)C1OC(=O)CCCCCCCCCCCCCCC/C=C\C/C=C\CCCCC)C(O)/C=C/CCCCCCCCCCCC. The molecule has 11 nitrogen and oxygen atoms in total. The topological polar surface area (TPSA) is 175 Å². The highest BCUT2D eigenvalue weighted by atomic mass is 16.7. The molecule has 0 aliphatic carbocycles. The molecule has 0 radical (unpaired) electrons. The number of hydrogen-bond acceptors (Lipinski definition) is 10. The van der Waals surface area contributed by atoms with Gasteiger partial charge in [0, 0.05) is 6.42 Å². The van der Waals surface area contributed by atoms with Crippen molar-refractivity contribution in [3.8, 4) is 0 Å². The molecule has 1 aliphatic rings. The molecule has 1 aliphatic heterocycles. The van der Waals surface area contributed by atoms with Gasteiger partial charge in [-0.1, -0.05) is 273 Å². The summed E-state index contributed by atoms with van der Waals surface area (Å²) in [5, 5.41) is 57.1. The molecule has 0 aromatic rings. The van der Waals surface area contributed by atoms with Crippen molar-refractivity contribution in [2.75, 3.05) is 13.2 Å². The van der Waals surface area contributed by atoms with Crippen LogP contribution in [0.4, 0.5) is 0 Å². The van der Waals surface area contributed by atoms with Crippen molar-refractivity contribution in [3.05, 3.63) is 72.9 Å². The summed E-state index contributed by atoms with van der Waals surface area (Å²) >= 11 is 0. The van der Waals surface area contributed by atoms with E-state index in [1.807, 2.05) is 6.08 Å². The van der Waals surface area contributed by atoms with Crippen LogP contribution in [0.2, 0.25) is 0 Å². The third-order valence-corrected chi connectivity index (χ3v) is 15.8. The van der Waals surface area contributed by atoms with Gasteiger partial charge in [-0.2, -0.15) is 0 Å². The number of aliphatic hydroxyl groups excluding tert-OH is 5. The molecular weight excluding hydrogens is 1030 g/mol. The van der Waals surface area contributed by atoms with Gasteiger partial charge < -0.3 is 45.1 Å². The average Bonchev–Trinajstić information content (AvgIpc) is 3.68. The summed E-state index contributed by atoms with van der Waals surface area (Å²) in [5.41, 5.74) is 0. The van der Waals surface area contributed by atoms with Crippen molar-refractivity contribution in [1.29, 1.82) is 0 Å². The molecule has 0 bridgehead atoms. The number of unbranched alkanes of at least 4 members (excludes halogenated alkanes) is 34. The fourth-order valence-corrected chi connectivity index (χ4v) is 10.4. The predicted octanol–water partition coefficient (Wildman–Crippen LogP) is 17.1. The first kappa shape index (κ1) is 77.1. The van der Waals surface area contributed by atoms with Crippen molar-refractivity contribution in [3.63, 3.8) is 0 Å². The van der Waals surface area contributed by atoms with Crippen LogP contribution in [-0.4, -0.2) is 99.6 Å². The number of hydrogen-bond donors (Lipinski definition) is 6. The van der Waals surface area contributed by atoms with Gasteiger partial charge in [0.25, 0.3) is 0 Å². The first-order valence-electron chi connectivity index (χ1n) is 34.2. The van der Waals surface area contributed by atoms with Crippen molar-refractivity contribution in [1.82, 2.24) is 5.32 Å². The average molecular weight is 1150 g/mol. The van der Waals surface area contributed by atoms with Gasteiger partial charge in [0.05, 0.1) is 25.4 Å². The molecule has 82 heavy (non-hydrogen) atoms. The fraction of sp³-hybridized carbons (Fsp3) is 0.803. The molecule has 6 N–H and O–H groups in total. The molecule has 0 saturated carbocycles. The summed E-state index contributed by atoms with van der Waals surface area (Å²) in [6.45, 7) is 5.75. The lowest BCUT2D eigenvalue weighted by molar-refractivity contribution is -0.305. The van der Waals surface area contributed by atoms with E-state index in [1.54, 1.807) is 6.08 Å². The lowest BCUT2D eigenvalue weighted by Gasteiger charge is -2.41. The first-order chi connectivity index (χ1) is 40.2. The van der Waals surface area contributed by atoms with Crippen molar-refractivity contribution in [2.24, 2.45) is 0 Å². The first-order valence-corrected chi connectivity index (χ1v) is 34.2. The highest BCUT2D eigenvalue weighted by Crippen LogP contribution is 2.26. The third kappa shape index (κ3) is 45.5.